The van der Waals surface area contributed by atoms with Gasteiger partial charge in [-0.2, -0.15) is 0 Å². The standard InChI is InChI=1S/C3H7N2S/c1-2-5-3(4)6/h2H2,1H3,(H2,4,5). The third kappa shape index (κ3) is 3.69. The van der Waals surface area contributed by atoms with Crippen LogP contribution in [0, 0.1) is 0 Å². The molecule has 2 nitrogen and oxygen atoms in total. The number of aliphatic imine (C=N–C) groups is 1. The van der Waals surface area contributed by atoms with Gasteiger partial charge in [0.15, 0.2) is 5.17 Å². The van der Waals surface area contributed by atoms with Gasteiger partial charge in [-0.1, -0.05) is 0 Å². The summed E-state index contributed by atoms with van der Waals surface area (Å²) < 4.78 is 0. The summed E-state index contributed by atoms with van der Waals surface area (Å²) in [5.41, 5.74) is 4.97. The third-order valence-corrected chi connectivity index (χ3v) is 0.443. The third-order valence-electron chi connectivity index (χ3n) is 0.314. The molecule has 2 N–H and O–H groups in total. The van der Waals surface area contributed by atoms with E-state index in [1.54, 1.807) is 0 Å². The summed E-state index contributed by atoms with van der Waals surface area (Å²) in [5, 5.41) is 0.248. The van der Waals surface area contributed by atoms with E-state index in [1.165, 1.54) is 0 Å². The van der Waals surface area contributed by atoms with Gasteiger partial charge in [-0.3, -0.25) is 4.99 Å². The van der Waals surface area contributed by atoms with E-state index >= 15 is 0 Å². The van der Waals surface area contributed by atoms with Crippen LogP contribution in [-0.4, -0.2) is 11.7 Å². The zero-order valence-corrected chi connectivity index (χ0v) is 4.46. The number of hydrogen-bond acceptors (Lipinski definition) is 1. The maximum atomic E-state index is 4.97. The zero-order valence-electron chi connectivity index (χ0n) is 3.64. The highest BCUT2D eigenvalue weighted by Gasteiger charge is 1.71. The van der Waals surface area contributed by atoms with Crippen molar-refractivity contribution in [3.63, 3.8) is 0 Å². The molecule has 0 aliphatic rings. The Morgan fingerprint density at radius 1 is 2.00 bits per heavy atom. The number of rotatable bonds is 1. The van der Waals surface area contributed by atoms with E-state index in [9.17, 15) is 0 Å². The minimum absolute atomic E-state index is 0.248. The molecule has 3 heteroatoms. The van der Waals surface area contributed by atoms with Gasteiger partial charge < -0.3 is 5.73 Å². The van der Waals surface area contributed by atoms with Gasteiger partial charge in [0.05, 0.1) is 0 Å². The highest BCUT2D eigenvalue weighted by atomic mass is 32.1. The molecule has 0 amide bonds. The van der Waals surface area contributed by atoms with Gasteiger partial charge in [-0.05, 0) is 19.6 Å². The molecule has 0 saturated heterocycles. The molecular formula is C3H7N2S. The second kappa shape index (κ2) is 2.90. The average Bonchev–Trinajstić information content (AvgIpc) is 1.35. The van der Waals surface area contributed by atoms with Crippen LogP contribution >= 0.6 is 12.6 Å². The Kier molecular flexibility index (Phi) is 2.75. The molecule has 0 aromatic heterocycles. The number of nitrogens with zero attached hydrogens (tertiary/aromatic N) is 1. The van der Waals surface area contributed by atoms with E-state index in [0.29, 0.717) is 6.54 Å². The van der Waals surface area contributed by atoms with Gasteiger partial charge in [-0.15, -0.1) is 0 Å². The van der Waals surface area contributed by atoms with Gasteiger partial charge in [0.2, 0.25) is 0 Å². The molecule has 6 heavy (non-hydrogen) atoms. The van der Waals surface area contributed by atoms with Gasteiger partial charge in [0.25, 0.3) is 0 Å². The molecule has 0 rings (SSSR count). The molecule has 0 unspecified atom stereocenters. The first-order chi connectivity index (χ1) is 2.77. The second-order valence-electron chi connectivity index (χ2n) is 0.813. The largest absolute Gasteiger partial charge is 0.375 e. The summed E-state index contributed by atoms with van der Waals surface area (Å²) in [4.78, 5) is 3.63. The number of amidine groups is 1. The molecule has 0 aromatic rings. The van der Waals surface area contributed by atoms with Crippen LogP contribution in [0.25, 0.3) is 0 Å². The van der Waals surface area contributed by atoms with Crippen LogP contribution in [0.2, 0.25) is 0 Å². The van der Waals surface area contributed by atoms with Crippen molar-refractivity contribution in [2.75, 3.05) is 6.54 Å². The Morgan fingerprint density at radius 2 is 2.50 bits per heavy atom. The summed E-state index contributed by atoms with van der Waals surface area (Å²) in [5.74, 6) is 0. The molecule has 35 valence electrons. The second-order valence-corrected chi connectivity index (χ2v) is 1.23. The van der Waals surface area contributed by atoms with Crippen LogP contribution in [-0.2, 0) is 0 Å². The van der Waals surface area contributed by atoms with Crippen molar-refractivity contribution < 1.29 is 0 Å². The highest BCUT2D eigenvalue weighted by molar-refractivity contribution is 7.96. The van der Waals surface area contributed by atoms with Crippen molar-refractivity contribution in [2.45, 2.75) is 6.92 Å². The van der Waals surface area contributed by atoms with E-state index in [4.69, 9.17) is 5.73 Å². The van der Waals surface area contributed by atoms with E-state index in [-0.39, 0.29) is 5.17 Å². The van der Waals surface area contributed by atoms with Crippen LogP contribution in [0.4, 0.5) is 0 Å². The summed E-state index contributed by atoms with van der Waals surface area (Å²) in [6.45, 7) is 2.58. The average molecular weight is 103 g/mol. The fraction of sp³-hybridized carbons (Fsp3) is 0.667. The molecule has 0 aliphatic carbocycles. The Labute approximate surface area is 42.9 Å². The van der Waals surface area contributed by atoms with Crippen LogP contribution in [0.15, 0.2) is 4.99 Å². The van der Waals surface area contributed by atoms with Crippen molar-refractivity contribution in [3.8, 4) is 0 Å². The summed E-state index contributed by atoms with van der Waals surface area (Å²) >= 11 is 4.41. The lowest BCUT2D eigenvalue weighted by atomic mass is 10.8. The first-order valence-electron chi connectivity index (χ1n) is 1.74. The lowest BCUT2D eigenvalue weighted by molar-refractivity contribution is 1.13. The molecule has 0 aromatic carbocycles. The van der Waals surface area contributed by atoms with E-state index < -0.39 is 0 Å². The molecule has 0 saturated carbocycles. The van der Waals surface area contributed by atoms with Gasteiger partial charge in [0.1, 0.15) is 0 Å². The lowest BCUT2D eigenvalue weighted by Crippen LogP contribution is -2.01. The predicted molar refractivity (Wildman–Crippen MR) is 29.8 cm³/mol. The fourth-order valence-corrected chi connectivity index (χ4v) is 0.285. The summed E-state index contributed by atoms with van der Waals surface area (Å²) in [6, 6.07) is 0. The number of nitrogens with two attached hydrogens (primary N) is 1. The molecule has 0 heterocycles. The topological polar surface area (TPSA) is 38.4 Å². The lowest BCUT2D eigenvalue weighted by Gasteiger charge is -1.78. The van der Waals surface area contributed by atoms with Crippen molar-refractivity contribution in [2.24, 2.45) is 10.7 Å². The van der Waals surface area contributed by atoms with Crippen molar-refractivity contribution in [1.29, 1.82) is 0 Å². The Bertz CT molecular complexity index is 55.8. The normalized spacial score (nSPS) is 11.8. The minimum atomic E-state index is 0.248. The molecule has 0 atom stereocenters. The maximum absolute atomic E-state index is 4.97. The van der Waals surface area contributed by atoms with E-state index in [2.05, 4.69) is 17.6 Å². The Hall–Kier alpha value is -0.310. The predicted octanol–water partition coefficient (Wildman–Crippen LogP) is 0.519. The van der Waals surface area contributed by atoms with Crippen LogP contribution in [0.1, 0.15) is 6.92 Å². The summed E-state index contributed by atoms with van der Waals surface area (Å²) in [6.07, 6.45) is 0. The van der Waals surface area contributed by atoms with Gasteiger partial charge in [0, 0.05) is 6.54 Å². The van der Waals surface area contributed by atoms with E-state index in [1.807, 2.05) is 6.92 Å². The van der Waals surface area contributed by atoms with Crippen molar-refractivity contribution in [1.82, 2.24) is 0 Å². The minimum Gasteiger partial charge on any atom is -0.375 e. The molecular weight excluding hydrogens is 96.1 g/mol. The SMILES string of the molecule is CCN=C(N)[S]. The van der Waals surface area contributed by atoms with Crippen molar-refractivity contribution in [3.05, 3.63) is 0 Å². The van der Waals surface area contributed by atoms with Crippen molar-refractivity contribution >= 4 is 17.8 Å². The maximum Gasteiger partial charge on any atom is 0.185 e. The monoisotopic (exact) mass is 103 g/mol. The van der Waals surface area contributed by atoms with E-state index in [0.717, 1.165) is 0 Å². The van der Waals surface area contributed by atoms with Gasteiger partial charge >= 0.3 is 0 Å². The van der Waals surface area contributed by atoms with Crippen LogP contribution in [0.3, 0.4) is 0 Å². The van der Waals surface area contributed by atoms with Crippen LogP contribution in [0.5, 0.6) is 0 Å². The van der Waals surface area contributed by atoms with Gasteiger partial charge in [-0.25, -0.2) is 0 Å². The molecule has 0 spiro atoms. The smallest absolute Gasteiger partial charge is 0.185 e. The fourth-order valence-electron chi connectivity index (χ4n) is 0.156. The quantitative estimate of drug-likeness (QED) is 0.381. The molecule has 1 radical (unpaired) electrons. The summed E-state index contributed by atoms with van der Waals surface area (Å²) in [7, 11) is 0. The zero-order chi connectivity index (χ0) is 4.99. The first kappa shape index (κ1) is 5.69. The Morgan fingerprint density at radius 3 is 2.50 bits per heavy atom. The molecule has 0 fully saturated rings. The molecule has 0 bridgehead atoms. The number of hydrogen-bond donors (Lipinski definition) is 1. The Balaban J connectivity index is 3.14. The highest BCUT2D eigenvalue weighted by Crippen LogP contribution is 1.71. The van der Waals surface area contributed by atoms with Crippen LogP contribution < -0.4 is 5.73 Å². The first-order valence-corrected chi connectivity index (χ1v) is 2.15. The molecule has 0 aliphatic heterocycles.